The minimum atomic E-state index is -3.52. The second-order valence-electron chi connectivity index (χ2n) is 5.37. The first-order chi connectivity index (χ1) is 9.27. The van der Waals surface area contributed by atoms with Gasteiger partial charge in [0, 0.05) is 26.3 Å². The summed E-state index contributed by atoms with van der Waals surface area (Å²) in [5.41, 5.74) is 0.383. The van der Waals surface area contributed by atoms with Crippen LogP contribution in [0.1, 0.15) is 30.3 Å². The lowest BCUT2D eigenvalue weighted by molar-refractivity contribution is 0.0717. The topological polar surface area (TPSA) is 71.4 Å². The molecule has 1 saturated carbocycles. The van der Waals surface area contributed by atoms with Crippen LogP contribution in [-0.2, 0) is 17.1 Å². The summed E-state index contributed by atoms with van der Waals surface area (Å²) in [4.78, 5) is 14.3. The Labute approximate surface area is 119 Å². The van der Waals surface area contributed by atoms with Gasteiger partial charge in [-0.3, -0.25) is 4.79 Å². The van der Waals surface area contributed by atoms with E-state index in [0.29, 0.717) is 11.6 Å². The molecular formula is C13H21N3O3S. The highest BCUT2D eigenvalue weighted by atomic mass is 32.2. The summed E-state index contributed by atoms with van der Waals surface area (Å²) in [6.45, 7) is 2.03. The van der Waals surface area contributed by atoms with Crippen LogP contribution in [0.2, 0.25) is 0 Å². The predicted octanol–water partition coefficient (Wildman–Crippen LogP) is 0.804. The SMILES string of the molecule is CNS(=O)(=O)c1cc(C(=O)N(C)[C@H](C)C2CC2)n(C)c1. The number of sulfonamides is 1. The molecule has 6 nitrogen and oxygen atoms in total. The van der Waals surface area contributed by atoms with E-state index in [1.165, 1.54) is 19.3 Å². The van der Waals surface area contributed by atoms with E-state index in [1.807, 2.05) is 6.92 Å². The minimum Gasteiger partial charge on any atom is -0.345 e. The molecule has 2 rings (SSSR count). The van der Waals surface area contributed by atoms with Crippen molar-refractivity contribution >= 4 is 15.9 Å². The molecule has 0 spiro atoms. The molecule has 1 N–H and O–H groups in total. The molecule has 7 heteroatoms. The fourth-order valence-electron chi connectivity index (χ4n) is 2.27. The molecule has 112 valence electrons. The molecule has 0 unspecified atom stereocenters. The van der Waals surface area contributed by atoms with Crippen molar-refractivity contribution in [1.82, 2.24) is 14.2 Å². The summed E-state index contributed by atoms with van der Waals surface area (Å²) < 4.78 is 27.3. The fraction of sp³-hybridized carbons (Fsp3) is 0.615. The number of carbonyl (C=O) groups is 1. The Kier molecular flexibility index (Phi) is 3.93. The third-order valence-electron chi connectivity index (χ3n) is 4.01. The van der Waals surface area contributed by atoms with E-state index >= 15 is 0 Å². The number of hydrogen-bond acceptors (Lipinski definition) is 3. The van der Waals surface area contributed by atoms with Gasteiger partial charge in [0.15, 0.2) is 0 Å². The summed E-state index contributed by atoms with van der Waals surface area (Å²) in [6.07, 6.45) is 3.77. The molecule has 0 bridgehead atoms. The van der Waals surface area contributed by atoms with Crippen LogP contribution >= 0.6 is 0 Å². The zero-order valence-corrected chi connectivity index (χ0v) is 13.1. The number of hydrogen-bond donors (Lipinski definition) is 1. The number of carbonyl (C=O) groups excluding carboxylic acids is 1. The Morgan fingerprint density at radius 3 is 2.60 bits per heavy atom. The van der Waals surface area contributed by atoms with Crippen LogP contribution in [0.4, 0.5) is 0 Å². The standard InChI is InChI=1S/C13H21N3O3S/c1-9(10-5-6-10)16(4)13(17)12-7-11(8-15(12)3)20(18,19)14-2/h7-10,14H,5-6H2,1-4H3/t9-/m1/s1. The number of aromatic nitrogens is 1. The van der Waals surface area contributed by atoms with Gasteiger partial charge in [-0.15, -0.1) is 0 Å². The number of nitrogens with one attached hydrogen (secondary N) is 1. The van der Waals surface area contributed by atoms with Gasteiger partial charge in [-0.05, 0) is 38.8 Å². The van der Waals surface area contributed by atoms with Gasteiger partial charge in [0.05, 0.1) is 0 Å². The lowest BCUT2D eigenvalue weighted by Crippen LogP contribution is -2.37. The van der Waals surface area contributed by atoms with Crippen LogP contribution in [0.3, 0.4) is 0 Å². The van der Waals surface area contributed by atoms with Crippen LogP contribution in [0, 0.1) is 5.92 Å². The molecule has 0 aromatic carbocycles. The van der Waals surface area contributed by atoms with Crippen molar-refractivity contribution in [2.75, 3.05) is 14.1 Å². The third kappa shape index (κ3) is 2.73. The summed E-state index contributed by atoms with van der Waals surface area (Å²) >= 11 is 0. The van der Waals surface area contributed by atoms with Crippen LogP contribution in [0.5, 0.6) is 0 Å². The number of rotatable bonds is 5. The van der Waals surface area contributed by atoms with Gasteiger partial charge >= 0.3 is 0 Å². The highest BCUT2D eigenvalue weighted by Crippen LogP contribution is 2.35. The monoisotopic (exact) mass is 299 g/mol. The number of amides is 1. The Morgan fingerprint density at radius 2 is 2.10 bits per heavy atom. The fourth-order valence-corrected chi connectivity index (χ4v) is 3.07. The molecular weight excluding hydrogens is 278 g/mol. The van der Waals surface area contributed by atoms with Crippen molar-refractivity contribution in [3.05, 3.63) is 18.0 Å². The highest BCUT2D eigenvalue weighted by Gasteiger charge is 2.33. The second-order valence-corrected chi connectivity index (χ2v) is 7.26. The molecule has 1 heterocycles. The Hall–Kier alpha value is -1.34. The van der Waals surface area contributed by atoms with Gasteiger partial charge in [-0.1, -0.05) is 0 Å². The first-order valence-corrected chi connectivity index (χ1v) is 8.13. The third-order valence-corrected chi connectivity index (χ3v) is 5.39. The molecule has 1 aromatic heterocycles. The molecule has 0 saturated heterocycles. The summed E-state index contributed by atoms with van der Waals surface area (Å²) in [7, 11) is 1.27. The molecule has 1 amide bonds. The minimum absolute atomic E-state index is 0.110. The molecule has 0 radical (unpaired) electrons. The van der Waals surface area contributed by atoms with Gasteiger partial charge in [-0.25, -0.2) is 13.1 Å². The van der Waals surface area contributed by atoms with E-state index in [2.05, 4.69) is 4.72 Å². The normalized spacial score (nSPS) is 17.0. The van der Waals surface area contributed by atoms with E-state index in [4.69, 9.17) is 0 Å². The van der Waals surface area contributed by atoms with Crippen molar-refractivity contribution < 1.29 is 13.2 Å². The predicted molar refractivity (Wildman–Crippen MR) is 75.9 cm³/mol. The van der Waals surface area contributed by atoms with E-state index in [9.17, 15) is 13.2 Å². The van der Waals surface area contributed by atoms with E-state index in [-0.39, 0.29) is 16.8 Å². The quantitative estimate of drug-likeness (QED) is 0.874. The van der Waals surface area contributed by atoms with Crippen molar-refractivity contribution in [3.8, 4) is 0 Å². The molecule has 1 fully saturated rings. The van der Waals surface area contributed by atoms with Gasteiger partial charge in [0.1, 0.15) is 10.6 Å². The average molecular weight is 299 g/mol. The molecule has 1 aromatic rings. The lowest BCUT2D eigenvalue weighted by Gasteiger charge is -2.24. The van der Waals surface area contributed by atoms with Crippen molar-refractivity contribution in [3.63, 3.8) is 0 Å². The van der Waals surface area contributed by atoms with E-state index in [1.54, 1.807) is 23.6 Å². The summed E-state index contributed by atoms with van der Waals surface area (Å²) in [5.74, 6) is 0.425. The molecule has 1 aliphatic carbocycles. The van der Waals surface area contributed by atoms with Gasteiger partial charge in [0.2, 0.25) is 10.0 Å². The van der Waals surface area contributed by atoms with E-state index in [0.717, 1.165) is 12.8 Å². The maximum atomic E-state index is 12.5. The van der Waals surface area contributed by atoms with Crippen molar-refractivity contribution in [2.45, 2.75) is 30.7 Å². The lowest BCUT2D eigenvalue weighted by atomic mass is 10.2. The molecule has 0 aliphatic heterocycles. The highest BCUT2D eigenvalue weighted by molar-refractivity contribution is 7.89. The smallest absolute Gasteiger partial charge is 0.270 e. The maximum absolute atomic E-state index is 12.5. The molecule has 1 aliphatic rings. The first kappa shape index (κ1) is 15.1. The van der Waals surface area contributed by atoms with Gasteiger partial charge < -0.3 is 9.47 Å². The van der Waals surface area contributed by atoms with Crippen molar-refractivity contribution in [1.29, 1.82) is 0 Å². The van der Waals surface area contributed by atoms with E-state index < -0.39 is 10.0 Å². The molecule has 1 atom stereocenters. The Balaban J connectivity index is 2.26. The van der Waals surface area contributed by atoms with Crippen LogP contribution in [0.25, 0.3) is 0 Å². The van der Waals surface area contributed by atoms with Crippen LogP contribution in [-0.4, -0.2) is 43.9 Å². The zero-order chi connectivity index (χ0) is 15.1. The zero-order valence-electron chi connectivity index (χ0n) is 12.3. The van der Waals surface area contributed by atoms with Crippen LogP contribution < -0.4 is 4.72 Å². The first-order valence-electron chi connectivity index (χ1n) is 6.65. The van der Waals surface area contributed by atoms with Crippen molar-refractivity contribution in [2.24, 2.45) is 13.0 Å². The number of nitrogens with zero attached hydrogens (tertiary/aromatic N) is 2. The maximum Gasteiger partial charge on any atom is 0.270 e. The largest absolute Gasteiger partial charge is 0.345 e. The summed E-state index contributed by atoms with van der Waals surface area (Å²) in [6, 6.07) is 1.60. The Bertz CT molecular complexity index is 617. The van der Waals surface area contributed by atoms with Crippen LogP contribution in [0.15, 0.2) is 17.2 Å². The Morgan fingerprint density at radius 1 is 1.50 bits per heavy atom. The molecule has 20 heavy (non-hydrogen) atoms. The van der Waals surface area contributed by atoms with Gasteiger partial charge in [0.25, 0.3) is 5.91 Å². The van der Waals surface area contributed by atoms with Gasteiger partial charge in [-0.2, -0.15) is 0 Å². The summed E-state index contributed by atoms with van der Waals surface area (Å²) in [5, 5.41) is 0. The second kappa shape index (κ2) is 5.21. The average Bonchev–Trinajstić information content (AvgIpc) is 3.18. The number of aryl methyl sites for hydroxylation is 1.